The molecule has 120 valence electrons. The van der Waals surface area contributed by atoms with Crippen molar-refractivity contribution >= 4 is 32.6 Å². The Labute approximate surface area is 135 Å². The van der Waals surface area contributed by atoms with Gasteiger partial charge >= 0.3 is 0 Å². The van der Waals surface area contributed by atoms with Gasteiger partial charge in [-0.05, 0) is 36.5 Å². The molecule has 0 bridgehead atoms. The lowest BCUT2D eigenvalue weighted by molar-refractivity contribution is 0.167. The highest BCUT2D eigenvalue weighted by Gasteiger charge is 2.25. The maximum absolute atomic E-state index is 12.5. The molecule has 0 atom stereocenters. The summed E-state index contributed by atoms with van der Waals surface area (Å²) in [5.74, 6) is 0. The third-order valence-corrected chi connectivity index (χ3v) is 5.03. The van der Waals surface area contributed by atoms with E-state index < -0.39 is 0 Å². The zero-order valence-corrected chi connectivity index (χ0v) is 13.1. The van der Waals surface area contributed by atoms with Crippen LogP contribution in [0.25, 0.3) is 32.6 Å². The summed E-state index contributed by atoms with van der Waals surface area (Å²) in [5.41, 5.74) is 3.45. The summed E-state index contributed by atoms with van der Waals surface area (Å²) in [5, 5.41) is 2.84. The van der Waals surface area contributed by atoms with E-state index in [4.69, 9.17) is 4.84 Å². The minimum atomic E-state index is -0.304. The molecule has 1 aromatic carbocycles. The highest BCUT2D eigenvalue weighted by Crippen LogP contribution is 2.38. The van der Waals surface area contributed by atoms with Gasteiger partial charge in [0.2, 0.25) is 0 Å². The number of rotatable bonds is 1. The number of aromatic amines is 2. The van der Waals surface area contributed by atoms with E-state index in [2.05, 4.69) is 9.97 Å². The summed E-state index contributed by atoms with van der Waals surface area (Å²) < 4.78 is 1.60. The number of nitrogens with one attached hydrogen (secondary N) is 2. The fraction of sp³-hybridized carbons (Fsp3) is 0.222. The van der Waals surface area contributed by atoms with E-state index in [1.54, 1.807) is 18.0 Å². The van der Waals surface area contributed by atoms with Crippen LogP contribution in [0.4, 0.5) is 0 Å². The molecule has 2 N–H and O–H groups in total. The summed E-state index contributed by atoms with van der Waals surface area (Å²) in [6, 6.07) is 3.81. The smallest absolute Gasteiger partial charge is 0.259 e. The summed E-state index contributed by atoms with van der Waals surface area (Å²) in [7, 11) is 1.59. The molecule has 4 aromatic rings. The van der Waals surface area contributed by atoms with Gasteiger partial charge in [-0.2, -0.15) is 4.73 Å². The number of aryl methyl sites for hydroxylation is 2. The lowest BCUT2D eigenvalue weighted by atomic mass is 9.99. The molecule has 0 amide bonds. The molecule has 5 rings (SSSR count). The maximum Gasteiger partial charge on any atom is 0.259 e. The molecular formula is C18H15N3O3. The molecule has 0 unspecified atom stereocenters. The Balaban J connectivity index is 2.14. The number of fused-ring (bicyclic) bond motifs is 8. The Morgan fingerprint density at radius 1 is 1.04 bits per heavy atom. The van der Waals surface area contributed by atoms with Crippen LogP contribution < -0.4 is 16.0 Å². The van der Waals surface area contributed by atoms with Crippen LogP contribution in [0.2, 0.25) is 0 Å². The van der Waals surface area contributed by atoms with Crippen molar-refractivity contribution in [3.8, 4) is 0 Å². The van der Waals surface area contributed by atoms with E-state index in [0.717, 1.165) is 52.2 Å². The largest absolute Gasteiger partial charge is 0.418 e. The average molecular weight is 321 g/mol. The third-order valence-electron chi connectivity index (χ3n) is 5.03. The van der Waals surface area contributed by atoms with Gasteiger partial charge in [-0.25, -0.2) is 0 Å². The summed E-state index contributed by atoms with van der Waals surface area (Å²) >= 11 is 0. The SMILES string of the molecule is COn1cccc2c(c1)[nH]c1c3c(c4c(=O)[nH]c(=O)c4c12)CCC3. The first-order chi connectivity index (χ1) is 11.7. The van der Waals surface area contributed by atoms with Gasteiger partial charge in [-0.15, -0.1) is 0 Å². The van der Waals surface area contributed by atoms with E-state index in [1.807, 2.05) is 18.3 Å². The van der Waals surface area contributed by atoms with Crippen molar-refractivity contribution in [2.75, 3.05) is 7.11 Å². The van der Waals surface area contributed by atoms with Crippen molar-refractivity contribution < 1.29 is 4.84 Å². The lowest BCUT2D eigenvalue weighted by Gasteiger charge is -2.03. The normalized spacial score (nSPS) is 13.9. The van der Waals surface area contributed by atoms with Crippen LogP contribution in [0.1, 0.15) is 17.5 Å². The maximum atomic E-state index is 12.5. The monoisotopic (exact) mass is 321 g/mol. The van der Waals surface area contributed by atoms with E-state index in [9.17, 15) is 9.59 Å². The fourth-order valence-corrected chi connectivity index (χ4v) is 4.08. The molecule has 6 heteroatoms. The molecule has 1 aliphatic rings. The highest BCUT2D eigenvalue weighted by molar-refractivity contribution is 6.21. The van der Waals surface area contributed by atoms with Crippen LogP contribution in [0.5, 0.6) is 0 Å². The summed E-state index contributed by atoms with van der Waals surface area (Å²) in [6.07, 6.45) is 6.40. The van der Waals surface area contributed by atoms with E-state index in [0.29, 0.717) is 10.8 Å². The molecule has 0 fully saturated rings. The molecule has 3 heterocycles. The predicted octanol–water partition coefficient (Wildman–Crippen LogP) is 1.87. The second-order valence-electron chi connectivity index (χ2n) is 6.23. The Bertz CT molecular complexity index is 1260. The topological polar surface area (TPSA) is 79.9 Å². The zero-order valence-electron chi connectivity index (χ0n) is 13.1. The molecule has 0 saturated carbocycles. The predicted molar refractivity (Wildman–Crippen MR) is 92.7 cm³/mol. The molecule has 3 aromatic heterocycles. The zero-order chi connectivity index (χ0) is 16.4. The van der Waals surface area contributed by atoms with Crippen molar-refractivity contribution in [3.63, 3.8) is 0 Å². The van der Waals surface area contributed by atoms with Crippen molar-refractivity contribution in [2.45, 2.75) is 19.3 Å². The van der Waals surface area contributed by atoms with Gasteiger partial charge in [-0.3, -0.25) is 14.6 Å². The second-order valence-corrected chi connectivity index (χ2v) is 6.23. The van der Waals surface area contributed by atoms with Crippen LogP contribution in [0.15, 0.2) is 34.1 Å². The van der Waals surface area contributed by atoms with Gasteiger partial charge in [0, 0.05) is 17.0 Å². The molecule has 0 spiro atoms. The molecular weight excluding hydrogens is 306 g/mol. The number of hydrogen-bond acceptors (Lipinski definition) is 3. The van der Waals surface area contributed by atoms with Crippen LogP contribution >= 0.6 is 0 Å². The number of nitrogens with zero attached hydrogens (tertiary/aromatic N) is 1. The van der Waals surface area contributed by atoms with Crippen LogP contribution in [0.3, 0.4) is 0 Å². The van der Waals surface area contributed by atoms with Gasteiger partial charge in [0.15, 0.2) is 0 Å². The Kier molecular flexibility index (Phi) is 2.52. The summed E-state index contributed by atoms with van der Waals surface area (Å²) in [6.45, 7) is 0. The van der Waals surface area contributed by atoms with Crippen LogP contribution in [-0.4, -0.2) is 21.8 Å². The van der Waals surface area contributed by atoms with Gasteiger partial charge < -0.3 is 9.82 Å². The number of hydrogen-bond donors (Lipinski definition) is 2. The van der Waals surface area contributed by atoms with Crippen molar-refractivity contribution in [1.82, 2.24) is 14.7 Å². The van der Waals surface area contributed by atoms with Crippen molar-refractivity contribution in [1.29, 1.82) is 0 Å². The molecule has 0 saturated heterocycles. The van der Waals surface area contributed by atoms with Crippen LogP contribution in [0, 0.1) is 0 Å². The van der Waals surface area contributed by atoms with E-state index in [-0.39, 0.29) is 11.1 Å². The number of benzene rings is 1. The second kappa shape index (κ2) is 4.50. The Morgan fingerprint density at radius 2 is 1.83 bits per heavy atom. The molecule has 24 heavy (non-hydrogen) atoms. The molecule has 0 radical (unpaired) electrons. The molecule has 6 nitrogen and oxygen atoms in total. The quantitative estimate of drug-likeness (QED) is 0.562. The number of H-pyrrole nitrogens is 2. The van der Waals surface area contributed by atoms with Gasteiger partial charge in [0.25, 0.3) is 11.1 Å². The first kappa shape index (κ1) is 13.4. The molecule has 1 aliphatic carbocycles. The van der Waals surface area contributed by atoms with Gasteiger partial charge in [-0.1, -0.05) is 6.07 Å². The fourth-order valence-electron chi connectivity index (χ4n) is 4.08. The minimum Gasteiger partial charge on any atom is -0.418 e. The van der Waals surface area contributed by atoms with Gasteiger partial charge in [0.1, 0.15) is 7.11 Å². The minimum absolute atomic E-state index is 0.267. The summed E-state index contributed by atoms with van der Waals surface area (Å²) in [4.78, 5) is 36.0. The molecule has 0 aliphatic heterocycles. The Hall–Kier alpha value is -3.02. The first-order valence-corrected chi connectivity index (χ1v) is 7.97. The third kappa shape index (κ3) is 1.55. The van der Waals surface area contributed by atoms with Crippen LogP contribution in [-0.2, 0) is 12.8 Å². The first-order valence-electron chi connectivity index (χ1n) is 7.97. The van der Waals surface area contributed by atoms with E-state index in [1.165, 1.54) is 0 Å². The number of aromatic nitrogens is 3. The average Bonchev–Trinajstić information content (AvgIpc) is 3.20. The van der Waals surface area contributed by atoms with Crippen molar-refractivity contribution in [3.05, 3.63) is 56.4 Å². The van der Waals surface area contributed by atoms with Gasteiger partial charge in [0.05, 0.1) is 28.0 Å². The Morgan fingerprint density at radius 3 is 2.67 bits per heavy atom. The standard InChI is InChI=1S/C18H15N3O3/c1-24-21-7-3-6-11-12(8-21)19-16-10-5-2-4-9(10)14-15(13(11)16)18(23)20-17(14)22/h3,6-8,19H,2,4-5H2,1H3,(H,20,22,23). The van der Waals surface area contributed by atoms with E-state index >= 15 is 0 Å². The lowest BCUT2D eigenvalue weighted by Crippen LogP contribution is -2.06. The highest BCUT2D eigenvalue weighted by atomic mass is 16.6. The van der Waals surface area contributed by atoms with Crippen molar-refractivity contribution in [2.24, 2.45) is 0 Å².